The Labute approximate surface area is 119 Å². The van der Waals surface area contributed by atoms with Crippen molar-refractivity contribution < 1.29 is 13.2 Å². The molecule has 0 radical (unpaired) electrons. The number of amides is 1. The third-order valence-electron chi connectivity index (χ3n) is 3.27. The van der Waals surface area contributed by atoms with Gasteiger partial charge < -0.3 is 5.32 Å². The molecule has 110 valence electrons. The summed E-state index contributed by atoms with van der Waals surface area (Å²) < 4.78 is 25.6. The normalized spacial score (nSPS) is 19.9. The van der Waals surface area contributed by atoms with Gasteiger partial charge in [-0.2, -0.15) is 4.31 Å². The lowest BCUT2D eigenvalue weighted by Gasteiger charge is -2.23. The zero-order valence-electron chi connectivity index (χ0n) is 11.4. The smallest absolute Gasteiger partial charge is 0.242 e. The van der Waals surface area contributed by atoms with Crippen LogP contribution in [0.4, 0.5) is 5.69 Å². The van der Waals surface area contributed by atoms with Crippen molar-refractivity contribution in [3.05, 3.63) is 24.5 Å². The number of hydrogen-bond acceptors (Lipinski definition) is 4. The highest BCUT2D eigenvalue weighted by Crippen LogP contribution is 2.23. The molecule has 0 aromatic carbocycles. The van der Waals surface area contributed by atoms with Crippen molar-refractivity contribution in [2.45, 2.75) is 32.2 Å². The predicted molar refractivity (Wildman–Crippen MR) is 76.7 cm³/mol. The highest BCUT2D eigenvalue weighted by atomic mass is 32.2. The molecule has 20 heavy (non-hydrogen) atoms. The summed E-state index contributed by atoms with van der Waals surface area (Å²) >= 11 is 0. The molecule has 1 atom stereocenters. The second kappa shape index (κ2) is 6.32. The first-order valence-corrected chi connectivity index (χ1v) is 8.36. The SMILES string of the molecule is CCCS(=O)(=O)N1CCCC1C(=O)Nc1ccncc1. The summed E-state index contributed by atoms with van der Waals surface area (Å²) in [5.41, 5.74) is 0.629. The van der Waals surface area contributed by atoms with E-state index in [9.17, 15) is 13.2 Å². The standard InChI is InChI=1S/C13H19N3O3S/c1-2-10-20(18,19)16-9-3-4-12(16)13(17)15-11-5-7-14-8-6-11/h5-8,12H,2-4,9-10H2,1H3,(H,14,15,17). The van der Waals surface area contributed by atoms with Gasteiger partial charge in [-0.15, -0.1) is 0 Å². The van der Waals surface area contributed by atoms with Crippen molar-refractivity contribution in [1.29, 1.82) is 0 Å². The molecule has 6 nitrogen and oxygen atoms in total. The molecular formula is C13H19N3O3S. The van der Waals surface area contributed by atoms with Crippen LogP contribution in [0.5, 0.6) is 0 Å². The summed E-state index contributed by atoms with van der Waals surface area (Å²) in [6.45, 7) is 2.25. The maximum Gasteiger partial charge on any atom is 0.242 e. The summed E-state index contributed by atoms with van der Waals surface area (Å²) in [6.07, 6.45) is 5.00. The summed E-state index contributed by atoms with van der Waals surface area (Å²) in [7, 11) is -3.34. The van der Waals surface area contributed by atoms with E-state index in [-0.39, 0.29) is 11.7 Å². The first-order valence-electron chi connectivity index (χ1n) is 6.75. The first-order chi connectivity index (χ1) is 9.54. The van der Waals surface area contributed by atoms with E-state index in [1.165, 1.54) is 4.31 Å². The van der Waals surface area contributed by atoms with Gasteiger partial charge in [0, 0.05) is 24.6 Å². The predicted octanol–water partition coefficient (Wildman–Crippen LogP) is 1.22. The number of nitrogens with one attached hydrogen (secondary N) is 1. The lowest BCUT2D eigenvalue weighted by atomic mass is 10.2. The molecule has 2 heterocycles. The van der Waals surface area contributed by atoms with Gasteiger partial charge in [0.2, 0.25) is 15.9 Å². The Kier molecular flexibility index (Phi) is 4.72. The van der Waals surface area contributed by atoms with Crippen LogP contribution in [0.15, 0.2) is 24.5 Å². The van der Waals surface area contributed by atoms with Crippen LogP contribution in [0.3, 0.4) is 0 Å². The van der Waals surface area contributed by atoms with Gasteiger partial charge in [0.15, 0.2) is 0 Å². The van der Waals surface area contributed by atoms with Gasteiger partial charge >= 0.3 is 0 Å². The van der Waals surface area contributed by atoms with Crippen LogP contribution >= 0.6 is 0 Å². The minimum absolute atomic E-state index is 0.0893. The quantitative estimate of drug-likeness (QED) is 0.886. The summed E-state index contributed by atoms with van der Waals surface area (Å²) in [5.74, 6) is -0.181. The fourth-order valence-electron chi connectivity index (χ4n) is 2.37. The molecule has 0 spiro atoms. The van der Waals surface area contributed by atoms with Gasteiger partial charge in [0.1, 0.15) is 6.04 Å². The Morgan fingerprint density at radius 1 is 1.45 bits per heavy atom. The fourth-order valence-corrected chi connectivity index (χ4v) is 4.12. The molecule has 1 aliphatic heterocycles. The number of pyridine rings is 1. The highest BCUT2D eigenvalue weighted by Gasteiger charge is 2.37. The Hall–Kier alpha value is -1.47. The van der Waals surface area contributed by atoms with E-state index in [0.29, 0.717) is 25.1 Å². The molecule has 0 bridgehead atoms. The number of nitrogens with zero attached hydrogens (tertiary/aromatic N) is 2. The van der Waals surface area contributed by atoms with Crippen molar-refractivity contribution in [2.24, 2.45) is 0 Å². The van der Waals surface area contributed by atoms with Gasteiger partial charge in [-0.3, -0.25) is 9.78 Å². The first kappa shape index (κ1) is 14.9. The van der Waals surface area contributed by atoms with Crippen LogP contribution in [0.1, 0.15) is 26.2 Å². The molecule has 1 aliphatic rings. The minimum Gasteiger partial charge on any atom is -0.325 e. The number of carbonyl (C=O) groups excluding carboxylic acids is 1. The van der Waals surface area contributed by atoms with E-state index >= 15 is 0 Å². The Balaban J connectivity index is 2.09. The lowest BCUT2D eigenvalue weighted by Crippen LogP contribution is -2.44. The lowest BCUT2D eigenvalue weighted by molar-refractivity contribution is -0.119. The molecule has 0 saturated carbocycles. The van der Waals surface area contributed by atoms with Crippen LogP contribution in [0.25, 0.3) is 0 Å². The monoisotopic (exact) mass is 297 g/mol. The van der Waals surface area contributed by atoms with Crippen molar-refractivity contribution in [3.8, 4) is 0 Å². The van der Waals surface area contributed by atoms with E-state index < -0.39 is 16.1 Å². The van der Waals surface area contributed by atoms with Crippen LogP contribution < -0.4 is 5.32 Å². The second-order valence-corrected chi connectivity index (χ2v) is 6.85. The third-order valence-corrected chi connectivity index (χ3v) is 5.35. The Morgan fingerprint density at radius 2 is 2.15 bits per heavy atom. The minimum atomic E-state index is -3.34. The van der Waals surface area contributed by atoms with Crippen molar-refractivity contribution in [1.82, 2.24) is 9.29 Å². The van der Waals surface area contributed by atoms with Crippen LogP contribution in [0.2, 0.25) is 0 Å². The molecule has 2 rings (SSSR count). The second-order valence-electron chi connectivity index (χ2n) is 4.81. The topological polar surface area (TPSA) is 79.4 Å². The number of carbonyl (C=O) groups is 1. The summed E-state index contributed by atoms with van der Waals surface area (Å²) in [6, 6.07) is 2.76. The molecule has 1 amide bonds. The molecule has 1 saturated heterocycles. The maximum atomic E-state index is 12.2. The van der Waals surface area contributed by atoms with E-state index in [4.69, 9.17) is 0 Å². The van der Waals surface area contributed by atoms with E-state index in [2.05, 4.69) is 10.3 Å². The molecule has 1 N–H and O–H groups in total. The zero-order chi connectivity index (χ0) is 14.6. The molecule has 7 heteroatoms. The largest absolute Gasteiger partial charge is 0.325 e. The number of hydrogen-bond donors (Lipinski definition) is 1. The van der Waals surface area contributed by atoms with Crippen LogP contribution in [0, 0.1) is 0 Å². The van der Waals surface area contributed by atoms with Gasteiger partial charge in [-0.1, -0.05) is 6.92 Å². The average Bonchev–Trinajstić information content (AvgIpc) is 2.90. The molecule has 1 fully saturated rings. The van der Waals surface area contributed by atoms with Gasteiger partial charge in [-0.05, 0) is 31.4 Å². The molecule has 0 aliphatic carbocycles. The number of anilines is 1. The molecular weight excluding hydrogens is 278 g/mol. The molecule has 1 aromatic heterocycles. The molecule has 1 aromatic rings. The van der Waals surface area contributed by atoms with Crippen molar-refractivity contribution >= 4 is 21.6 Å². The van der Waals surface area contributed by atoms with Crippen molar-refractivity contribution in [3.63, 3.8) is 0 Å². The van der Waals surface area contributed by atoms with E-state index in [1.807, 2.05) is 6.92 Å². The zero-order valence-corrected chi connectivity index (χ0v) is 12.3. The van der Waals surface area contributed by atoms with Gasteiger partial charge in [-0.25, -0.2) is 8.42 Å². The maximum absolute atomic E-state index is 12.2. The third kappa shape index (κ3) is 3.34. The number of sulfonamides is 1. The van der Waals surface area contributed by atoms with Gasteiger partial charge in [0.05, 0.1) is 5.75 Å². The molecule has 1 unspecified atom stereocenters. The van der Waals surface area contributed by atoms with Gasteiger partial charge in [0.25, 0.3) is 0 Å². The van der Waals surface area contributed by atoms with Crippen LogP contribution in [-0.2, 0) is 14.8 Å². The number of aromatic nitrogens is 1. The average molecular weight is 297 g/mol. The summed E-state index contributed by atoms with van der Waals surface area (Å²) in [4.78, 5) is 16.1. The number of rotatable bonds is 5. The fraction of sp³-hybridized carbons (Fsp3) is 0.538. The van der Waals surface area contributed by atoms with Crippen molar-refractivity contribution in [2.75, 3.05) is 17.6 Å². The summed E-state index contributed by atoms with van der Waals surface area (Å²) in [5, 5.41) is 2.74. The van der Waals surface area contributed by atoms with Crippen LogP contribution in [-0.4, -0.2) is 42.0 Å². The van der Waals surface area contributed by atoms with E-state index in [0.717, 1.165) is 6.42 Å². The Bertz CT molecular complexity index is 559. The Morgan fingerprint density at radius 3 is 2.80 bits per heavy atom. The highest BCUT2D eigenvalue weighted by molar-refractivity contribution is 7.89. The van der Waals surface area contributed by atoms with E-state index in [1.54, 1.807) is 24.5 Å².